The van der Waals surface area contributed by atoms with Gasteiger partial charge in [0.15, 0.2) is 5.78 Å². The number of hydrogen-bond acceptors (Lipinski definition) is 5. The summed E-state index contributed by atoms with van der Waals surface area (Å²) in [5, 5.41) is 17.8. The van der Waals surface area contributed by atoms with Gasteiger partial charge in [0, 0.05) is 12.0 Å². The van der Waals surface area contributed by atoms with Crippen LogP contribution in [0.25, 0.3) is 0 Å². The van der Waals surface area contributed by atoms with Crippen molar-refractivity contribution in [2.75, 3.05) is 5.73 Å². The number of ketones is 1. The first-order valence-electron chi connectivity index (χ1n) is 4.52. The Labute approximate surface area is 102 Å². The van der Waals surface area contributed by atoms with Crippen molar-refractivity contribution < 1.29 is 30.8 Å². The van der Waals surface area contributed by atoms with E-state index in [1.807, 2.05) is 0 Å². The van der Waals surface area contributed by atoms with Crippen molar-refractivity contribution in [3.05, 3.63) is 23.8 Å². The fourth-order valence-corrected chi connectivity index (χ4v) is 1.19. The molecule has 0 spiro atoms. The summed E-state index contributed by atoms with van der Waals surface area (Å²) in [7, 11) is 0. The first-order valence-corrected chi connectivity index (χ1v) is 4.52. The number of hydrogen-bond donors (Lipinski definition) is 4. The van der Waals surface area contributed by atoms with Crippen LogP contribution in [-0.2, 0) is 4.79 Å². The van der Waals surface area contributed by atoms with Gasteiger partial charge >= 0.3 is 5.97 Å². The lowest BCUT2D eigenvalue weighted by atomic mass is 10.0. The molecule has 0 aliphatic heterocycles. The topological polar surface area (TPSA) is 190 Å². The van der Waals surface area contributed by atoms with Crippen molar-refractivity contribution in [3.63, 3.8) is 0 Å². The third-order valence-electron chi connectivity index (χ3n) is 2.11. The number of nitrogens with two attached hydrogens (primary N) is 2. The van der Waals surface area contributed by atoms with Gasteiger partial charge in [-0.2, -0.15) is 0 Å². The second kappa shape index (κ2) is 7.22. The normalized spacial score (nSPS) is 10.7. The lowest BCUT2D eigenvalue weighted by Crippen LogP contribution is -2.32. The van der Waals surface area contributed by atoms with Gasteiger partial charge in [0.25, 0.3) is 0 Å². The zero-order valence-electron chi connectivity index (χ0n) is 9.38. The van der Waals surface area contributed by atoms with Gasteiger partial charge in [0.05, 0.1) is 5.69 Å². The van der Waals surface area contributed by atoms with E-state index in [0.29, 0.717) is 0 Å². The Kier molecular flexibility index (Phi) is 7.31. The third kappa shape index (κ3) is 4.01. The number of aliphatic carboxylic acids is 1. The van der Waals surface area contributed by atoms with E-state index in [1.165, 1.54) is 18.2 Å². The number of nitrogen functional groups attached to an aromatic ring is 1. The number of carboxylic acid groups (broad SMARTS) is 1. The molecule has 1 aromatic rings. The first-order chi connectivity index (χ1) is 7.43. The Morgan fingerprint density at radius 1 is 1.28 bits per heavy atom. The number of Topliss-reactive ketones (excluding diaryl/α,β-unsaturated/α-hetero) is 1. The number of carbonyl (C=O) groups is 2. The van der Waals surface area contributed by atoms with Gasteiger partial charge in [-0.15, -0.1) is 0 Å². The quantitative estimate of drug-likeness (QED) is 0.283. The molecule has 0 aliphatic rings. The summed E-state index contributed by atoms with van der Waals surface area (Å²) >= 11 is 0. The smallest absolute Gasteiger partial charge is 0.320 e. The standard InChI is InChI=1S/C10H12N2O4.2H2O/c11-6(10(15)16)4-8(14)5-2-1-3-7(13)9(5)12;;/h1-3,6,13H,4,11-12H2,(H,15,16);2*1H2. The zero-order valence-corrected chi connectivity index (χ0v) is 9.38. The third-order valence-corrected chi connectivity index (χ3v) is 2.11. The highest BCUT2D eigenvalue weighted by Crippen LogP contribution is 2.24. The molecule has 1 atom stereocenters. The zero-order chi connectivity index (χ0) is 12.3. The van der Waals surface area contributed by atoms with Crippen LogP contribution in [0.5, 0.6) is 5.75 Å². The predicted molar refractivity (Wildman–Crippen MR) is 64.3 cm³/mol. The van der Waals surface area contributed by atoms with Crippen molar-refractivity contribution in [2.45, 2.75) is 12.5 Å². The SMILES string of the molecule is Nc1c(O)cccc1C(=O)CC(N)C(=O)O.O.O. The molecule has 0 fully saturated rings. The molecule has 18 heavy (non-hydrogen) atoms. The molecule has 10 N–H and O–H groups in total. The lowest BCUT2D eigenvalue weighted by Gasteiger charge is -2.08. The fourth-order valence-electron chi connectivity index (χ4n) is 1.19. The molecular weight excluding hydrogens is 244 g/mol. The van der Waals surface area contributed by atoms with Gasteiger partial charge in [0.2, 0.25) is 0 Å². The van der Waals surface area contributed by atoms with Crippen LogP contribution in [0.3, 0.4) is 0 Å². The second-order valence-corrected chi connectivity index (χ2v) is 3.31. The van der Waals surface area contributed by atoms with E-state index >= 15 is 0 Å². The van der Waals surface area contributed by atoms with Crippen LogP contribution in [0, 0.1) is 0 Å². The Bertz CT molecular complexity index is 434. The number of rotatable bonds is 4. The highest BCUT2D eigenvalue weighted by molar-refractivity contribution is 6.03. The number of anilines is 1. The number of carbonyl (C=O) groups excluding carboxylic acids is 1. The number of carboxylic acids is 1. The Morgan fingerprint density at radius 3 is 2.33 bits per heavy atom. The number of phenolic OH excluding ortho intramolecular Hbond substituents is 1. The van der Waals surface area contributed by atoms with Gasteiger partial charge in [0.1, 0.15) is 11.8 Å². The monoisotopic (exact) mass is 260 g/mol. The van der Waals surface area contributed by atoms with Crippen molar-refractivity contribution >= 4 is 17.4 Å². The average molecular weight is 260 g/mol. The minimum absolute atomic E-state index is 0. The summed E-state index contributed by atoms with van der Waals surface area (Å²) in [6.45, 7) is 0. The van der Waals surface area contributed by atoms with Gasteiger partial charge in [-0.1, -0.05) is 6.07 Å². The number of benzene rings is 1. The molecule has 1 aromatic carbocycles. The van der Waals surface area contributed by atoms with Crippen molar-refractivity contribution in [1.29, 1.82) is 0 Å². The maximum absolute atomic E-state index is 11.6. The summed E-state index contributed by atoms with van der Waals surface area (Å²) in [5.74, 6) is -1.98. The molecule has 0 saturated heterocycles. The maximum Gasteiger partial charge on any atom is 0.320 e. The number of phenols is 1. The van der Waals surface area contributed by atoms with Crippen LogP contribution >= 0.6 is 0 Å². The molecular formula is C10H16N2O6. The molecule has 0 amide bonds. The Morgan fingerprint density at radius 2 is 1.83 bits per heavy atom. The Hall–Kier alpha value is -2.16. The molecule has 0 saturated carbocycles. The summed E-state index contributed by atoms with van der Waals surface area (Å²) < 4.78 is 0. The molecule has 1 unspecified atom stereocenters. The predicted octanol–water partition coefficient (Wildman–Crippen LogP) is -1.69. The van der Waals surface area contributed by atoms with Crippen molar-refractivity contribution in [2.24, 2.45) is 5.73 Å². The van der Waals surface area contributed by atoms with Crippen LogP contribution in [0.2, 0.25) is 0 Å². The highest BCUT2D eigenvalue weighted by Gasteiger charge is 2.19. The van der Waals surface area contributed by atoms with E-state index in [-0.39, 0.29) is 34.4 Å². The maximum atomic E-state index is 11.6. The largest absolute Gasteiger partial charge is 0.506 e. The fraction of sp³-hybridized carbons (Fsp3) is 0.200. The summed E-state index contributed by atoms with van der Waals surface area (Å²) in [5.41, 5.74) is 10.7. The van der Waals surface area contributed by atoms with Gasteiger partial charge in [-0.25, -0.2) is 0 Å². The van der Waals surface area contributed by atoms with E-state index in [0.717, 1.165) is 0 Å². The summed E-state index contributed by atoms with van der Waals surface area (Å²) in [6, 6.07) is 2.93. The van der Waals surface area contributed by atoms with Crippen LogP contribution in [-0.4, -0.2) is 39.0 Å². The van der Waals surface area contributed by atoms with E-state index in [9.17, 15) is 14.7 Å². The van der Waals surface area contributed by atoms with Crippen LogP contribution in [0.1, 0.15) is 16.8 Å². The summed E-state index contributed by atoms with van der Waals surface area (Å²) in [4.78, 5) is 22.1. The molecule has 0 aliphatic carbocycles. The summed E-state index contributed by atoms with van der Waals surface area (Å²) in [6.07, 6.45) is -0.358. The van der Waals surface area contributed by atoms with Crippen LogP contribution in [0.15, 0.2) is 18.2 Å². The van der Waals surface area contributed by atoms with Crippen molar-refractivity contribution in [3.8, 4) is 5.75 Å². The molecule has 102 valence electrons. The van der Waals surface area contributed by atoms with E-state index in [2.05, 4.69) is 0 Å². The van der Waals surface area contributed by atoms with E-state index in [1.54, 1.807) is 0 Å². The van der Waals surface area contributed by atoms with Gasteiger partial charge in [-0.3, -0.25) is 9.59 Å². The second-order valence-electron chi connectivity index (χ2n) is 3.31. The van der Waals surface area contributed by atoms with Gasteiger partial charge < -0.3 is 32.6 Å². The molecule has 8 nitrogen and oxygen atoms in total. The molecule has 0 heterocycles. The highest BCUT2D eigenvalue weighted by atomic mass is 16.4. The molecule has 0 radical (unpaired) electrons. The minimum Gasteiger partial charge on any atom is -0.506 e. The number of aromatic hydroxyl groups is 1. The Balaban J connectivity index is 0. The van der Waals surface area contributed by atoms with Crippen molar-refractivity contribution in [1.82, 2.24) is 0 Å². The van der Waals surface area contributed by atoms with Gasteiger partial charge in [-0.05, 0) is 12.1 Å². The van der Waals surface area contributed by atoms with E-state index in [4.69, 9.17) is 16.6 Å². The molecule has 8 heteroatoms. The van der Waals surface area contributed by atoms with E-state index < -0.39 is 17.8 Å². The molecule has 0 bridgehead atoms. The van der Waals surface area contributed by atoms with Crippen LogP contribution < -0.4 is 11.5 Å². The number of para-hydroxylation sites is 1. The molecule has 0 aromatic heterocycles. The first kappa shape index (κ1) is 18.2. The average Bonchev–Trinajstić information content (AvgIpc) is 2.21. The van der Waals surface area contributed by atoms with Crippen LogP contribution in [0.4, 0.5) is 5.69 Å². The lowest BCUT2D eigenvalue weighted by molar-refractivity contribution is -0.138. The minimum atomic E-state index is -1.27. The molecule has 1 rings (SSSR count).